The normalized spacial score (nSPS) is 25.8. The van der Waals surface area contributed by atoms with E-state index in [9.17, 15) is 4.79 Å². The maximum atomic E-state index is 11.0. The molecule has 5 N–H and O–H groups in total. The summed E-state index contributed by atoms with van der Waals surface area (Å²) in [6.07, 6.45) is 1.11. The van der Waals surface area contributed by atoms with Crippen molar-refractivity contribution in [3.63, 3.8) is 0 Å². The lowest BCUT2D eigenvalue weighted by atomic mass is 10.0. The quantitative estimate of drug-likeness (QED) is 0.409. The van der Waals surface area contributed by atoms with Crippen LogP contribution in [0, 0.1) is 5.92 Å². The summed E-state index contributed by atoms with van der Waals surface area (Å²) in [7, 11) is 0. The third-order valence-electron chi connectivity index (χ3n) is 2.22. The Bertz CT molecular complexity index is 237. The molecule has 14 heavy (non-hydrogen) atoms. The minimum Gasteiger partial charge on any atom is -0.376 e. The molecule has 1 rings (SSSR count). The van der Waals surface area contributed by atoms with Crippen molar-refractivity contribution in [2.24, 2.45) is 22.4 Å². The van der Waals surface area contributed by atoms with Crippen molar-refractivity contribution < 1.29 is 9.53 Å². The number of nitrogens with one attached hydrogen (secondary N) is 1. The van der Waals surface area contributed by atoms with Gasteiger partial charge in [-0.25, -0.2) is 4.79 Å². The van der Waals surface area contributed by atoms with Gasteiger partial charge in [0.2, 0.25) is 0 Å². The predicted molar refractivity (Wildman–Crippen MR) is 52.7 cm³/mol. The van der Waals surface area contributed by atoms with Crippen LogP contribution in [0.3, 0.4) is 0 Å². The summed E-state index contributed by atoms with van der Waals surface area (Å²) in [5.41, 5.74) is 10.1. The van der Waals surface area contributed by atoms with Gasteiger partial charge >= 0.3 is 6.03 Å². The van der Waals surface area contributed by atoms with E-state index in [4.69, 9.17) is 16.2 Å². The van der Waals surface area contributed by atoms with Crippen LogP contribution in [-0.4, -0.2) is 31.2 Å². The maximum absolute atomic E-state index is 11.0. The first-order chi connectivity index (χ1) is 6.59. The standard InChI is InChI=1S/C8H16N4O2/c1-5-2-3-14-6(5)4-11-8(13)12-7(9)10/h5-6H,2-4H2,1H3,(H5,9,10,11,12,13). The van der Waals surface area contributed by atoms with E-state index in [-0.39, 0.29) is 12.1 Å². The van der Waals surface area contributed by atoms with Gasteiger partial charge in [-0.3, -0.25) is 0 Å². The Kier molecular flexibility index (Phi) is 3.70. The van der Waals surface area contributed by atoms with Gasteiger partial charge in [0, 0.05) is 13.2 Å². The molecule has 80 valence electrons. The zero-order chi connectivity index (χ0) is 10.6. The molecule has 0 bridgehead atoms. The average molecular weight is 200 g/mol. The lowest BCUT2D eigenvalue weighted by Crippen LogP contribution is -2.34. The van der Waals surface area contributed by atoms with Crippen molar-refractivity contribution in [2.75, 3.05) is 13.2 Å². The van der Waals surface area contributed by atoms with E-state index >= 15 is 0 Å². The van der Waals surface area contributed by atoms with Gasteiger partial charge in [-0.2, -0.15) is 4.99 Å². The molecule has 0 aromatic heterocycles. The Balaban J connectivity index is 2.26. The summed E-state index contributed by atoms with van der Waals surface area (Å²) in [5.74, 6) is 0.234. The summed E-state index contributed by atoms with van der Waals surface area (Å²) < 4.78 is 5.39. The first kappa shape index (κ1) is 10.8. The average Bonchev–Trinajstić information content (AvgIpc) is 2.46. The largest absolute Gasteiger partial charge is 0.376 e. The number of rotatable bonds is 2. The van der Waals surface area contributed by atoms with E-state index in [0.29, 0.717) is 12.5 Å². The van der Waals surface area contributed by atoms with Gasteiger partial charge in [0.15, 0.2) is 5.96 Å². The number of carbonyl (C=O) groups excluding carboxylic acids is 1. The maximum Gasteiger partial charge on any atom is 0.344 e. The number of guanidine groups is 1. The van der Waals surface area contributed by atoms with E-state index in [1.54, 1.807) is 0 Å². The fourth-order valence-electron chi connectivity index (χ4n) is 1.36. The summed E-state index contributed by atoms with van der Waals surface area (Å²) in [4.78, 5) is 14.3. The van der Waals surface area contributed by atoms with E-state index in [1.165, 1.54) is 0 Å². The first-order valence-electron chi connectivity index (χ1n) is 4.58. The molecular weight excluding hydrogens is 184 g/mol. The zero-order valence-electron chi connectivity index (χ0n) is 8.19. The highest BCUT2D eigenvalue weighted by atomic mass is 16.5. The van der Waals surface area contributed by atoms with Crippen LogP contribution in [0.1, 0.15) is 13.3 Å². The summed E-state index contributed by atoms with van der Waals surface area (Å²) in [6, 6.07) is -0.521. The Labute approximate surface area is 82.7 Å². The first-order valence-corrected chi connectivity index (χ1v) is 4.58. The molecule has 0 spiro atoms. The van der Waals surface area contributed by atoms with Crippen LogP contribution in [0.25, 0.3) is 0 Å². The molecule has 0 saturated carbocycles. The smallest absolute Gasteiger partial charge is 0.344 e. The fraction of sp³-hybridized carbons (Fsp3) is 0.750. The number of hydrogen-bond donors (Lipinski definition) is 3. The van der Waals surface area contributed by atoms with Crippen molar-refractivity contribution in [1.82, 2.24) is 5.32 Å². The number of nitrogens with two attached hydrogens (primary N) is 2. The van der Waals surface area contributed by atoms with Crippen LogP contribution < -0.4 is 16.8 Å². The second-order valence-electron chi connectivity index (χ2n) is 3.40. The van der Waals surface area contributed by atoms with Crippen molar-refractivity contribution in [1.29, 1.82) is 0 Å². The topological polar surface area (TPSA) is 103 Å². The Morgan fingerprint density at radius 1 is 1.64 bits per heavy atom. The van der Waals surface area contributed by atoms with Gasteiger partial charge < -0.3 is 21.5 Å². The van der Waals surface area contributed by atoms with Crippen LogP contribution in [0.15, 0.2) is 4.99 Å². The Morgan fingerprint density at radius 3 is 2.86 bits per heavy atom. The van der Waals surface area contributed by atoms with E-state index < -0.39 is 6.03 Å². The van der Waals surface area contributed by atoms with Crippen molar-refractivity contribution in [2.45, 2.75) is 19.4 Å². The monoisotopic (exact) mass is 200 g/mol. The van der Waals surface area contributed by atoms with E-state index in [2.05, 4.69) is 17.2 Å². The molecule has 6 nitrogen and oxygen atoms in total. The summed E-state index contributed by atoms with van der Waals surface area (Å²) in [5, 5.41) is 2.57. The molecule has 1 fully saturated rings. The third kappa shape index (κ3) is 3.21. The van der Waals surface area contributed by atoms with Crippen LogP contribution in [0.2, 0.25) is 0 Å². The lowest BCUT2D eigenvalue weighted by Gasteiger charge is -2.13. The number of carbonyl (C=O) groups is 1. The minimum atomic E-state index is -0.521. The number of hydrogen-bond acceptors (Lipinski definition) is 2. The number of nitrogens with zero attached hydrogens (tertiary/aromatic N) is 1. The molecule has 0 aromatic rings. The summed E-state index contributed by atoms with van der Waals surface area (Å²) >= 11 is 0. The molecule has 2 atom stereocenters. The molecule has 1 saturated heterocycles. The molecule has 1 aliphatic heterocycles. The Morgan fingerprint density at radius 2 is 2.36 bits per heavy atom. The summed E-state index contributed by atoms with van der Waals surface area (Å²) in [6.45, 7) is 3.30. The number of ether oxygens (including phenoxy) is 1. The third-order valence-corrected chi connectivity index (χ3v) is 2.22. The van der Waals surface area contributed by atoms with E-state index in [1.807, 2.05) is 0 Å². The van der Waals surface area contributed by atoms with Gasteiger partial charge in [-0.15, -0.1) is 0 Å². The van der Waals surface area contributed by atoms with Gasteiger partial charge in [0.25, 0.3) is 0 Å². The highest BCUT2D eigenvalue weighted by molar-refractivity contribution is 5.90. The minimum absolute atomic E-state index is 0.0770. The van der Waals surface area contributed by atoms with Crippen LogP contribution in [0.5, 0.6) is 0 Å². The van der Waals surface area contributed by atoms with E-state index in [0.717, 1.165) is 13.0 Å². The van der Waals surface area contributed by atoms with Crippen LogP contribution >= 0.6 is 0 Å². The highest BCUT2D eigenvalue weighted by Crippen LogP contribution is 2.18. The molecule has 1 aliphatic rings. The molecule has 0 radical (unpaired) electrons. The molecule has 1 heterocycles. The Hall–Kier alpha value is -1.30. The fourth-order valence-corrected chi connectivity index (χ4v) is 1.36. The number of amides is 2. The van der Waals surface area contributed by atoms with Gasteiger partial charge in [0.1, 0.15) is 0 Å². The number of aliphatic imine (C=N–C) groups is 1. The van der Waals surface area contributed by atoms with Crippen molar-refractivity contribution in [3.05, 3.63) is 0 Å². The van der Waals surface area contributed by atoms with Crippen molar-refractivity contribution in [3.8, 4) is 0 Å². The molecule has 6 heteroatoms. The highest BCUT2D eigenvalue weighted by Gasteiger charge is 2.24. The van der Waals surface area contributed by atoms with Gasteiger partial charge in [-0.05, 0) is 12.3 Å². The molecule has 0 aromatic carbocycles. The second kappa shape index (κ2) is 4.80. The molecule has 2 amide bonds. The lowest BCUT2D eigenvalue weighted by molar-refractivity contribution is 0.0953. The number of urea groups is 1. The SMILES string of the molecule is CC1CCOC1CNC(=O)N=C(N)N. The zero-order valence-corrected chi connectivity index (χ0v) is 8.19. The van der Waals surface area contributed by atoms with Crippen LogP contribution in [0.4, 0.5) is 4.79 Å². The van der Waals surface area contributed by atoms with Crippen LogP contribution in [-0.2, 0) is 4.74 Å². The second-order valence-corrected chi connectivity index (χ2v) is 3.40. The van der Waals surface area contributed by atoms with Gasteiger partial charge in [-0.1, -0.05) is 6.92 Å². The van der Waals surface area contributed by atoms with Crippen molar-refractivity contribution >= 4 is 12.0 Å². The molecule has 0 aliphatic carbocycles. The van der Waals surface area contributed by atoms with Gasteiger partial charge in [0.05, 0.1) is 6.10 Å². The molecule has 2 unspecified atom stereocenters. The predicted octanol–water partition coefficient (Wildman–Crippen LogP) is -0.606. The molecular formula is C8H16N4O2.